The SMILES string of the molecule is CCc1cc(P)c(C)c(C)c1C. The monoisotopic (exact) mass is 180 g/mol. The molecule has 0 aliphatic heterocycles. The van der Waals surface area contributed by atoms with E-state index in [1.54, 1.807) is 0 Å². The minimum absolute atomic E-state index is 1.13. The molecule has 0 amide bonds. The normalized spacial score (nSPS) is 10.4. The van der Waals surface area contributed by atoms with Crippen molar-refractivity contribution >= 4 is 14.5 Å². The zero-order valence-electron chi connectivity index (χ0n) is 8.36. The molecular formula is C11H17P. The molecule has 0 saturated carbocycles. The van der Waals surface area contributed by atoms with Crippen molar-refractivity contribution < 1.29 is 0 Å². The van der Waals surface area contributed by atoms with Gasteiger partial charge in [0.2, 0.25) is 0 Å². The van der Waals surface area contributed by atoms with Gasteiger partial charge in [-0.25, -0.2) is 0 Å². The van der Waals surface area contributed by atoms with Gasteiger partial charge in [0.05, 0.1) is 0 Å². The van der Waals surface area contributed by atoms with E-state index in [1.165, 1.54) is 27.6 Å². The smallest absolute Gasteiger partial charge is 0.0268 e. The summed E-state index contributed by atoms with van der Waals surface area (Å²) in [6.07, 6.45) is 1.13. The van der Waals surface area contributed by atoms with E-state index in [-0.39, 0.29) is 0 Å². The van der Waals surface area contributed by atoms with E-state index in [0.717, 1.165) is 6.42 Å². The first-order valence-corrected chi connectivity index (χ1v) is 5.00. The standard InChI is InChI=1S/C11H17P/c1-5-10-6-11(12)9(4)7(2)8(10)3/h6H,5,12H2,1-4H3. The fourth-order valence-electron chi connectivity index (χ4n) is 1.51. The highest BCUT2D eigenvalue weighted by Crippen LogP contribution is 2.17. The number of hydrogen-bond donors (Lipinski definition) is 0. The fraction of sp³-hybridized carbons (Fsp3) is 0.455. The Morgan fingerprint density at radius 1 is 1.08 bits per heavy atom. The van der Waals surface area contributed by atoms with Crippen LogP contribution in [0.25, 0.3) is 0 Å². The fourth-order valence-corrected chi connectivity index (χ4v) is 1.93. The Hall–Kier alpha value is -0.350. The Morgan fingerprint density at radius 2 is 1.67 bits per heavy atom. The lowest BCUT2D eigenvalue weighted by molar-refractivity contribution is 1.09. The van der Waals surface area contributed by atoms with Crippen molar-refractivity contribution in [1.82, 2.24) is 0 Å². The van der Waals surface area contributed by atoms with Crippen LogP contribution < -0.4 is 5.30 Å². The molecule has 0 bridgehead atoms. The van der Waals surface area contributed by atoms with Gasteiger partial charge in [0.25, 0.3) is 0 Å². The van der Waals surface area contributed by atoms with Crippen LogP contribution in [0.2, 0.25) is 0 Å². The molecule has 0 N–H and O–H groups in total. The Kier molecular flexibility index (Phi) is 2.90. The van der Waals surface area contributed by atoms with E-state index < -0.39 is 0 Å². The summed E-state index contributed by atoms with van der Waals surface area (Å²) in [5, 5.41) is 1.34. The van der Waals surface area contributed by atoms with Gasteiger partial charge >= 0.3 is 0 Å². The van der Waals surface area contributed by atoms with Crippen molar-refractivity contribution in [3.8, 4) is 0 Å². The van der Waals surface area contributed by atoms with E-state index in [4.69, 9.17) is 0 Å². The first-order chi connectivity index (χ1) is 5.57. The van der Waals surface area contributed by atoms with E-state index in [9.17, 15) is 0 Å². The minimum Gasteiger partial charge on any atom is -0.105 e. The van der Waals surface area contributed by atoms with Crippen molar-refractivity contribution in [3.63, 3.8) is 0 Å². The maximum atomic E-state index is 2.81. The van der Waals surface area contributed by atoms with Gasteiger partial charge in [0, 0.05) is 0 Å². The van der Waals surface area contributed by atoms with Gasteiger partial charge in [0.1, 0.15) is 0 Å². The van der Waals surface area contributed by atoms with Crippen molar-refractivity contribution in [2.24, 2.45) is 0 Å². The van der Waals surface area contributed by atoms with Gasteiger partial charge in [-0.2, -0.15) is 0 Å². The molecule has 0 saturated heterocycles. The van der Waals surface area contributed by atoms with Crippen LogP contribution in [0.1, 0.15) is 29.2 Å². The average molecular weight is 180 g/mol. The van der Waals surface area contributed by atoms with Crippen LogP contribution in [0.3, 0.4) is 0 Å². The third-order valence-corrected chi connectivity index (χ3v) is 3.35. The molecule has 0 spiro atoms. The summed E-state index contributed by atoms with van der Waals surface area (Å²) in [6.45, 7) is 8.81. The summed E-state index contributed by atoms with van der Waals surface area (Å²) in [4.78, 5) is 0. The summed E-state index contributed by atoms with van der Waals surface area (Å²) in [5.41, 5.74) is 5.79. The average Bonchev–Trinajstić information content (AvgIpc) is 2.08. The first kappa shape index (κ1) is 9.74. The highest BCUT2D eigenvalue weighted by atomic mass is 31.0. The molecule has 1 aromatic rings. The predicted octanol–water partition coefficient (Wildman–Crippen LogP) is 2.67. The second-order valence-corrected chi connectivity index (χ2v) is 3.98. The molecule has 0 radical (unpaired) electrons. The Morgan fingerprint density at radius 3 is 2.17 bits per heavy atom. The first-order valence-electron chi connectivity index (χ1n) is 4.43. The second-order valence-electron chi connectivity index (χ2n) is 3.35. The molecule has 12 heavy (non-hydrogen) atoms. The molecule has 0 aliphatic rings. The Labute approximate surface area is 77.6 Å². The quantitative estimate of drug-likeness (QED) is 0.583. The minimum atomic E-state index is 1.13. The van der Waals surface area contributed by atoms with Gasteiger partial charge in [-0.3, -0.25) is 0 Å². The van der Waals surface area contributed by atoms with Crippen molar-refractivity contribution in [2.75, 3.05) is 0 Å². The molecule has 66 valence electrons. The van der Waals surface area contributed by atoms with Crippen molar-refractivity contribution in [3.05, 3.63) is 28.3 Å². The van der Waals surface area contributed by atoms with Crippen LogP contribution in [-0.4, -0.2) is 0 Å². The van der Waals surface area contributed by atoms with Crippen LogP contribution in [0.4, 0.5) is 0 Å². The molecule has 1 unspecified atom stereocenters. The highest BCUT2D eigenvalue weighted by Gasteiger charge is 2.04. The Bertz CT molecular complexity index is 300. The number of aryl methyl sites for hydroxylation is 1. The van der Waals surface area contributed by atoms with Gasteiger partial charge in [-0.1, -0.05) is 13.0 Å². The summed E-state index contributed by atoms with van der Waals surface area (Å²) >= 11 is 0. The highest BCUT2D eigenvalue weighted by molar-refractivity contribution is 7.27. The third kappa shape index (κ3) is 1.54. The summed E-state index contributed by atoms with van der Waals surface area (Å²) in [6, 6.07) is 2.28. The molecule has 0 nitrogen and oxygen atoms in total. The van der Waals surface area contributed by atoms with E-state index in [2.05, 4.69) is 43.0 Å². The molecule has 1 heteroatoms. The zero-order chi connectivity index (χ0) is 9.30. The number of benzene rings is 1. The molecule has 0 heterocycles. The van der Waals surface area contributed by atoms with E-state index in [1.807, 2.05) is 0 Å². The van der Waals surface area contributed by atoms with Gasteiger partial charge < -0.3 is 0 Å². The van der Waals surface area contributed by atoms with Crippen LogP contribution >= 0.6 is 9.24 Å². The lowest BCUT2D eigenvalue weighted by Gasteiger charge is -2.12. The van der Waals surface area contributed by atoms with Crippen molar-refractivity contribution in [1.29, 1.82) is 0 Å². The summed E-state index contributed by atoms with van der Waals surface area (Å²) < 4.78 is 0. The number of hydrogen-bond acceptors (Lipinski definition) is 0. The van der Waals surface area contributed by atoms with Crippen molar-refractivity contribution in [2.45, 2.75) is 34.1 Å². The van der Waals surface area contributed by atoms with Crippen LogP contribution in [0.15, 0.2) is 6.07 Å². The molecule has 1 atom stereocenters. The van der Waals surface area contributed by atoms with Gasteiger partial charge in [-0.15, -0.1) is 9.24 Å². The third-order valence-electron chi connectivity index (χ3n) is 2.75. The van der Waals surface area contributed by atoms with Crippen LogP contribution in [0, 0.1) is 20.8 Å². The summed E-state index contributed by atoms with van der Waals surface area (Å²) in [5.74, 6) is 0. The largest absolute Gasteiger partial charge is 0.105 e. The van der Waals surface area contributed by atoms with Gasteiger partial charge in [-0.05, 0) is 54.8 Å². The lowest BCUT2D eigenvalue weighted by Crippen LogP contribution is -2.05. The van der Waals surface area contributed by atoms with Crippen LogP contribution in [-0.2, 0) is 6.42 Å². The zero-order valence-corrected chi connectivity index (χ0v) is 9.52. The molecule has 0 fully saturated rings. The molecule has 1 aromatic carbocycles. The molecule has 1 rings (SSSR count). The van der Waals surface area contributed by atoms with E-state index >= 15 is 0 Å². The maximum absolute atomic E-state index is 2.81. The maximum Gasteiger partial charge on any atom is -0.0268 e. The van der Waals surface area contributed by atoms with Crippen LogP contribution in [0.5, 0.6) is 0 Å². The van der Waals surface area contributed by atoms with E-state index in [0.29, 0.717) is 0 Å². The van der Waals surface area contributed by atoms with Gasteiger partial charge in [0.15, 0.2) is 0 Å². The molecule has 0 aromatic heterocycles. The Balaban J connectivity index is 3.39. The number of rotatable bonds is 1. The molecular weight excluding hydrogens is 163 g/mol. The second kappa shape index (κ2) is 3.58. The predicted molar refractivity (Wildman–Crippen MR) is 59.4 cm³/mol. The topological polar surface area (TPSA) is 0 Å². The lowest BCUT2D eigenvalue weighted by atomic mass is 9.97. The summed E-state index contributed by atoms with van der Waals surface area (Å²) in [7, 11) is 2.81. The molecule has 0 aliphatic carbocycles.